The topological polar surface area (TPSA) is 38.7 Å². The number of hydrogen-bond acceptors (Lipinski definition) is 3. The summed E-state index contributed by atoms with van der Waals surface area (Å²) in [4.78, 5) is 0. The zero-order valence-electron chi connectivity index (χ0n) is 8.50. The Balaban J connectivity index is 2.26. The molecular formula is C11H13ClO3. The summed E-state index contributed by atoms with van der Waals surface area (Å²) in [7, 11) is 1.63. The van der Waals surface area contributed by atoms with Crippen LogP contribution in [0.25, 0.3) is 0 Å². The summed E-state index contributed by atoms with van der Waals surface area (Å²) in [6.45, 7) is 1.15. The Bertz CT molecular complexity index is 361. The van der Waals surface area contributed by atoms with Gasteiger partial charge in [-0.1, -0.05) is 23.7 Å². The van der Waals surface area contributed by atoms with E-state index in [1.807, 2.05) is 18.2 Å². The van der Waals surface area contributed by atoms with Gasteiger partial charge in [0.15, 0.2) is 0 Å². The van der Waals surface area contributed by atoms with Gasteiger partial charge in [-0.05, 0) is 11.6 Å². The van der Waals surface area contributed by atoms with Crippen LogP contribution < -0.4 is 0 Å². The van der Waals surface area contributed by atoms with Crippen LogP contribution in [0.2, 0.25) is 5.02 Å². The fourth-order valence-electron chi connectivity index (χ4n) is 1.64. The molecule has 0 atom stereocenters. The van der Waals surface area contributed by atoms with Crippen LogP contribution in [0.3, 0.4) is 0 Å². The summed E-state index contributed by atoms with van der Waals surface area (Å²) in [5.41, 5.74) is 0.827. The Morgan fingerprint density at radius 3 is 2.73 bits per heavy atom. The van der Waals surface area contributed by atoms with Gasteiger partial charge in [0.05, 0.1) is 19.8 Å². The van der Waals surface area contributed by atoms with Crippen molar-refractivity contribution in [2.45, 2.75) is 12.2 Å². The minimum atomic E-state index is -0.900. The van der Waals surface area contributed by atoms with Gasteiger partial charge in [-0.15, -0.1) is 0 Å². The fraction of sp³-hybridized carbons (Fsp3) is 0.455. The second-order valence-electron chi connectivity index (χ2n) is 3.77. The molecule has 15 heavy (non-hydrogen) atoms. The van der Waals surface area contributed by atoms with E-state index < -0.39 is 5.60 Å². The highest BCUT2D eigenvalue weighted by molar-refractivity contribution is 6.31. The van der Waals surface area contributed by atoms with E-state index in [-0.39, 0.29) is 0 Å². The second-order valence-corrected chi connectivity index (χ2v) is 4.18. The first-order chi connectivity index (χ1) is 7.15. The highest BCUT2D eigenvalue weighted by Crippen LogP contribution is 2.34. The molecule has 3 nitrogen and oxygen atoms in total. The van der Waals surface area contributed by atoms with Gasteiger partial charge in [0.25, 0.3) is 0 Å². The van der Waals surface area contributed by atoms with Crippen molar-refractivity contribution in [1.82, 2.24) is 0 Å². The normalized spacial score (nSPS) is 18.6. The molecule has 1 aromatic rings. The Morgan fingerprint density at radius 1 is 1.53 bits per heavy atom. The summed E-state index contributed by atoms with van der Waals surface area (Å²) in [6, 6.07) is 5.55. The van der Waals surface area contributed by atoms with E-state index in [2.05, 4.69) is 0 Å². The Morgan fingerprint density at radius 2 is 2.27 bits per heavy atom. The molecule has 1 aromatic carbocycles. The molecule has 0 radical (unpaired) electrons. The van der Waals surface area contributed by atoms with Gasteiger partial charge >= 0.3 is 0 Å². The summed E-state index contributed by atoms with van der Waals surface area (Å²) in [5.74, 6) is 0. The van der Waals surface area contributed by atoms with Crippen molar-refractivity contribution in [2.75, 3.05) is 20.3 Å². The molecule has 0 bridgehead atoms. The van der Waals surface area contributed by atoms with Crippen LogP contribution >= 0.6 is 11.6 Å². The molecule has 82 valence electrons. The lowest BCUT2D eigenvalue weighted by Crippen LogP contribution is -2.46. The number of rotatable bonds is 3. The van der Waals surface area contributed by atoms with Crippen LogP contribution in [0, 0.1) is 0 Å². The Labute approximate surface area is 93.6 Å². The van der Waals surface area contributed by atoms with Crippen LogP contribution in [0.1, 0.15) is 11.1 Å². The first kappa shape index (κ1) is 10.9. The van der Waals surface area contributed by atoms with E-state index >= 15 is 0 Å². The maximum Gasteiger partial charge on any atom is 0.137 e. The molecule has 1 fully saturated rings. The predicted molar refractivity (Wildman–Crippen MR) is 56.9 cm³/mol. The smallest absolute Gasteiger partial charge is 0.137 e. The minimum absolute atomic E-state index is 0.316. The molecule has 1 heterocycles. The molecule has 1 N–H and O–H groups in total. The van der Waals surface area contributed by atoms with E-state index in [1.54, 1.807) is 7.11 Å². The minimum Gasteiger partial charge on any atom is -0.380 e. The predicted octanol–water partition coefficient (Wildman–Crippen LogP) is 1.70. The molecule has 0 aliphatic carbocycles. The van der Waals surface area contributed by atoms with Crippen LogP contribution in [0.15, 0.2) is 18.2 Å². The first-order valence-corrected chi connectivity index (χ1v) is 5.11. The van der Waals surface area contributed by atoms with Crippen molar-refractivity contribution in [3.05, 3.63) is 34.3 Å². The molecule has 1 aliphatic rings. The van der Waals surface area contributed by atoms with E-state index in [1.165, 1.54) is 0 Å². The van der Waals surface area contributed by atoms with E-state index in [0.29, 0.717) is 24.8 Å². The molecule has 0 aromatic heterocycles. The maximum absolute atomic E-state index is 10.0. The Kier molecular flexibility index (Phi) is 2.98. The molecule has 0 saturated carbocycles. The highest BCUT2D eigenvalue weighted by Gasteiger charge is 2.39. The Hall–Kier alpha value is -0.610. The summed E-state index contributed by atoms with van der Waals surface area (Å²) < 4.78 is 9.99. The highest BCUT2D eigenvalue weighted by atomic mass is 35.5. The summed E-state index contributed by atoms with van der Waals surface area (Å²) in [6.07, 6.45) is 0. The monoisotopic (exact) mass is 228 g/mol. The maximum atomic E-state index is 10.0. The molecule has 1 aliphatic heterocycles. The van der Waals surface area contributed by atoms with E-state index in [9.17, 15) is 5.11 Å². The van der Waals surface area contributed by atoms with Crippen LogP contribution in [0.4, 0.5) is 0 Å². The van der Waals surface area contributed by atoms with Gasteiger partial charge in [-0.25, -0.2) is 0 Å². The zero-order valence-corrected chi connectivity index (χ0v) is 9.25. The third-order valence-electron chi connectivity index (χ3n) is 2.53. The number of hydrogen-bond donors (Lipinski definition) is 1. The van der Waals surface area contributed by atoms with Gasteiger partial charge in [-0.2, -0.15) is 0 Å². The van der Waals surface area contributed by atoms with Gasteiger partial charge < -0.3 is 14.6 Å². The van der Waals surface area contributed by atoms with Gasteiger partial charge in [-0.3, -0.25) is 0 Å². The molecule has 4 heteroatoms. The van der Waals surface area contributed by atoms with E-state index in [4.69, 9.17) is 21.1 Å². The van der Waals surface area contributed by atoms with Crippen molar-refractivity contribution in [2.24, 2.45) is 0 Å². The first-order valence-electron chi connectivity index (χ1n) is 4.74. The number of halogens is 1. The standard InChI is InChI=1S/C11H13ClO3/c1-14-5-8-2-3-9(10(12)4-8)11(13)6-15-7-11/h2-4,13H,5-7H2,1H3. The van der Waals surface area contributed by atoms with Crippen LogP contribution in [-0.2, 0) is 21.7 Å². The lowest BCUT2D eigenvalue weighted by atomic mass is 9.91. The molecule has 0 spiro atoms. The van der Waals surface area contributed by atoms with Crippen LogP contribution in [0.5, 0.6) is 0 Å². The van der Waals surface area contributed by atoms with Gasteiger partial charge in [0, 0.05) is 17.7 Å². The number of methoxy groups -OCH3 is 1. The molecular weight excluding hydrogens is 216 g/mol. The lowest BCUT2D eigenvalue weighted by Gasteiger charge is -2.37. The molecule has 2 rings (SSSR count). The summed E-state index contributed by atoms with van der Waals surface area (Å²) >= 11 is 6.09. The van der Waals surface area contributed by atoms with Crippen molar-refractivity contribution >= 4 is 11.6 Å². The number of benzene rings is 1. The average molecular weight is 229 g/mol. The molecule has 1 saturated heterocycles. The number of aliphatic hydroxyl groups is 1. The van der Waals surface area contributed by atoms with Gasteiger partial charge in [0.1, 0.15) is 5.60 Å². The second kappa shape index (κ2) is 4.10. The van der Waals surface area contributed by atoms with Crippen molar-refractivity contribution in [3.63, 3.8) is 0 Å². The lowest BCUT2D eigenvalue weighted by molar-refractivity contribution is -0.184. The largest absolute Gasteiger partial charge is 0.380 e. The van der Waals surface area contributed by atoms with Crippen molar-refractivity contribution < 1.29 is 14.6 Å². The van der Waals surface area contributed by atoms with Gasteiger partial charge in [0.2, 0.25) is 0 Å². The average Bonchev–Trinajstić information content (AvgIpc) is 2.15. The molecule has 0 unspecified atom stereocenters. The van der Waals surface area contributed by atoms with Crippen molar-refractivity contribution in [1.29, 1.82) is 0 Å². The zero-order chi connectivity index (χ0) is 10.9. The van der Waals surface area contributed by atoms with Crippen molar-refractivity contribution in [3.8, 4) is 0 Å². The SMILES string of the molecule is COCc1ccc(C2(O)COC2)c(Cl)c1. The third kappa shape index (κ3) is 2.01. The third-order valence-corrected chi connectivity index (χ3v) is 2.84. The summed E-state index contributed by atoms with van der Waals surface area (Å²) in [5, 5.41) is 10.6. The fourth-order valence-corrected chi connectivity index (χ4v) is 2.02. The molecule has 0 amide bonds. The van der Waals surface area contributed by atoms with Crippen LogP contribution in [-0.4, -0.2) is 25.4 Å². The van der Waals surface area contributed by atoms with E-state index in [0.717, 1.165) is 11.1 Å². The number of ether oxygens (including phenoxy) is 2. The quantitative estimate of drug-likeness (QED) is 0.856.